The number of benzene rings is 3. The number of ether oxygens (including phenoxy) is 3. The molecule has 0 amide bonds. The SMILES string of the molecule is CCOc1cccc2c1nc(CN1CCC(c3cccc4c3OC[C@@H](c3ccc(C#N)cc3F)O4)CC1)n2C. The maximum Gasteiger partial charge on any atom is 0.164 e. The lowest BCUT2D eigenvalue weighted by Gasteiger charge is -2.34. The fourth-order valence-electron chi connectivity index (χ4n) is 5.71. The Hall–Kier alpha value is -4.09. The zero-order valence-corrected chi connectivity index (χ0v) is 22.2. The van der Waals surface area contributed by atoms with E-state index in [1.54, 1.807) is 12.1 Å². The molecule has 1 fully saturated rings. The molecule has 1 saturated heterocycles. The van der Waals surface area contributed by atoms with E-state index >= 15 is 0 Å². The molecule has 4 aromatic rings. The molecule has 2 aliphatic heterocycles. The second-order valence-corrected chi connectivity index (χ2v) is 10.1. The van der Waals surface area contributed by atoms with Crippen LogP contribution in [0.25, 0.3) is 11.0 Å². The smallest absolute Gasteiger partial charge is 0.164 e. The van der Waals surface area contributed by atoms with E-state index in [1.165, 1.54) is 6.07 Å². The fourth-order valence-corrected chi connectivity index (χ4v) is 5.71. The molecule has 3 heterocycles. The number of halogens is 1. The Balaban J connectivity index is 1.13. The molecule has 200 valence electrons. The Labute approximate surface area is 227 Å². The van der Waals surface area contributed by atoms with Crippen LogP contribution in [0, 0.1) is 17.1 Å². The van der Waals surface area contributed by atoms with Crippen LogP contribution in [-0.4, -0.2) is 40.8 Å². The standard InChI is InChI=1S/C31H31FN4O3/c1-3-37-26-8-5-7-25-30(26)34-29(35(25)2)18-36-14-12-21(13-15-36)22-6-4-9-27-31(22)38-19-28(39-27)23-11-10-20(17-33)16-24(23)32/h4-11,16,21,28H,3,12-15,18-19H2,1-2H3/t28-/m0/s1. The van der Waals surface area contributed by atoms with Crippen molar-refractivity contribution in [3.05, 3.63) is 82.9 Å². The summed E-state index contributed by atoms with van der Waals surface area (Å²) in [5.41, 5.74) is 3.83. The average Bonchev–Trinajstić information content (AvgIpc) is 3.28. The van der Waals surface area contributed by atoms with Crippen molar-refractivity contribution in [2.45, 2.75) is 38.3 Å². The number of aryl methyl sites for hydroxylation is 1. The number of para-hydroxylation sites is 2. The van der Waals surface area contributed by atoms with Gasteiger partial charge in [-0.1, -0.05) is 24.3 Å². The Bertz CT molecular complexity index is 1550. The van der Waals surface area contributed by atoms with Crippen LogP contribution < -0.4 is 14.2 Å². The summed E-state index contributed by atoms with van der Waals surface area (Å²) in [7, 11) is 2.07. The lowest BCUT2D eigenvalue weighted by atomic mass is 9.88. The van der Waals surface area contributed by atoms with E-state index in [-0.39, 0.29) is 12.2 Å². The zero-order valence-electron chi connectivity index (χ0n) is 22.2. The van der Waals surface area contributed by atoms with Gasteiger partial charge in [0.05, 0.1) is 30.3 Å². The quantitative estimate of drug-likeness (QED) is 0.313. The first-order valence-electron chi connectivity index (χ1n) is 13.5. The number of likely N-dealkylation sites (tertiary alicyclic amines) is 1. The number of imidazole rings is 1. The molecule has 0 unspecified atom stereocenters. The van der Waals surface area contributed by atoms with E-state index in [0.29, 0.717) is 23.8 Å². The molecule has 8 heteroatoms. The number of piperidine rings is 1. The maximum absolute atomic E-state index is 14.6. The molecule has 1 aromatic heterocycles. The summed E-state index contributed by atoms with van der Waals surface area (Å²) in [6, 6.07) is 18.5. The lowest BCUT2D eigenvalue weighted by Crippen LogP contribution is -2.33. The number of hydrogen-bond acceptors (Lipinski definition) is 6. The third kappa shape index (κ3) is 4.79. The zero-order chi connectivity index (χ0) is 26.9. The number of hydrogen-bond donors (Lipinski definition) is 0. The highest BCUT2D eigenvalue weighted by molar-refractivity contribution is 5.82. The summed E-state index contributed by atoms with van der Waals surface area (Å²) in [6.07, 6.45) is 1.45. The van der Waals surface area contributed by atoms with E-state index in [2.05, 4.69) is 28.6 Å². The van der Waals surface area contributed by atoms with Crippen molar-refractivity contribution in [3.63, 3.8) is 0 Å². The summed E-state index contributed by atoms with van der Waals surface area (Å²) in [4.78, 5) is 7.38. The van der Waals surface area contributed by atoms with E-state index in [1.807, 2.05) is 37.3 Å². The molecule has 0 aliphatic carbocycles. The lowest BCUT2D eigenvalue weighted by molar-refractivity contribution is 0.0863. The van der Waals surface area contributed by atoms with Crippen molar-refractivity contribution in [2.75, 3.05) is 26.3 Å². The van der Waals surface area contributed by atoms with E-state index in [4.69, 9.17) is 24.5 Å². The van der Waals surface area contributed by atoms with Gasteiger partial charge in [-0.3, -0.25) is 4.90 Å². The Morgan fingerprint density at radius 1 is 1.10 bits per heavy atom. The second kappa shape index (κ2) is 10.6. The van der Waals surface area contributed by atoms with Crippen LogP contribution in [0.15, 0.2) is 54.6 Å². The predicted molar refractivity (Wildman–Crippen MR) is 146 cm³/mol. The van der Waals surface area contributed by atoms with Gasteiger partial charge in [0.15, 0.2) is 17.6 Å². The second-order valence-electron chi connectivity index (χ2n) is 10.1. The number of aromatic nitrogens is 2. The minimum Gasteiger partial charge on any atom is -0.492 e. The monoisotopic (exact) mass is 526 g/mol. The molecule has 2 aliphatic rings. The van der Waals surface area contributed by atoms with Gasteiger partial charge < -0.3 is 18.8 Å². The van der Waals surface area contributed by atoms with E-state index < -0.39 is 11.9 Å². The maximum atomic E-state index is 14.6. The summed E-state index contributed by atoms with van der Waals surface area (Å²) < 4.78 is 34.9. The van der Waals surface area contributed by atoms with Gasteiger partial charge in [0.25, 0.3) is 0 Å². The van der Waals surface area contributed by atoms with Gasteiger partial charge >= 0.3 is 0 Å². The van der Waals surface area contributed by atoms with Crippen molar-refractivity contribution >= 4 is 11.0 Å². The molecular weight excluding hydrogens is 495 g/mol. The van der Waals surface area contributed by atoms with Gasteiger partial charge in [-0.25, -0.2) is 9.37 Å². The summed E-state index contributed by atoms with van der Waals surface area (Å²) in [5, 5.41) is 9.02. The highest BCUT2D eigenvalue weighted by Gasteiger charge is 2.31. The van der Waals surface area contributed by atoms with Gasteiger partial charge in [-0.05, 0) is 69.1 Å². The van der Waals surface area contributed by atoms with Crippen molar-refractivity contribution in [1.29, 1.82) is 5.26 Å². The summed E-state index contributed by atoms with van der Waals surface area (Å²) in [5.74, 6) is 3.17. The molecule has 0 radical (unpaired) electrons. The molecule has 0 bridgehead atoms. The molecule has 3 aromatic carbocycles. The number of rotatable bonds is 6. The molecule has 1 atom stereocenters. The summed E-state index contributed by atoms with van der Waals surface area (Å²) in [6.45, 7) is 5.52. The van der Waals surface area contributed by atoms with Crippen molar-refractivity contribution < 1.29 is 18.6 Å². The third-order valence-electron chi connectivity index (χ3n) is 7.79. The number of nitriles is 1. The number of nitrogens with zero attached hydrogens (tertiary/aromatic N) is 4. The minimum absolute atomic E-state index is 0.224. The van der Waals surface area contributed by atoms with Crippen molar-refractivity contribution in [2.24, 2.45) is 7.05 Å². The molecule has 39 heavy (non-hydrogen) atoms. The van der Waals surface area contributed by atoms with Crippen LogP contribution in [0.4, 0.5) is 4.39 Å². The normalized spacial score (nSPS) is 17.7. The van der Waals surface area contributed by atoms with Crippen molar-refractivity contribution in [3.8, 4) is 23.3 Å². The fraction of sp³-hybridized carbons (Fsp3) is 0.355. The average molecular weight is 527 g/mol. The molecule has 6 rings (SSSR count). The molecular formula is C31H31FN4O3. The van der Waals surface area contributed by atoms with Gasteiger partial charge in [0.2, 0.25) is 0 Å². The van der Waals surface area contributed by atoms with Crippen LogP contribution >= 0.6 is 0 Å². The highest BCUT2D eigenvalue weighted by Crippen LogP contribution is 2.44. The van der Waals surface area contributed by atoms with Gasteiger partial charge in [0, 0.05) is 18.2 Å². The van der Waals surface area contributed by atoms with E-state index in [9.17, 15) is 4.39 Å². The molecule has 0 spiro atoms. The first kappa shape index (κ1) is 25.2. The van der Waals surface area contributed by atoms with Crippen LogP contribution in [-0.2, 0) is 13.6 Å². The van der Waals surface area contributed by atoms with Crippen molar-refractivity contribution in [1.82, 2.24) is 14.5 Å². The summed E-state index contributed by atoms with van der Waals surface area (Å²) >= 11 is 0. The first-order valence-corrected chi connectivity index (χ1v) is 13.5. The topological polar surface area (TPSA) is 72.5 Å². The Kier molecular flexibility index (Phi) is 6.84. The van der Waals surface area contributed by atoms with Crippen LogP contribution in [0.1, 0.15) is 54.3 Å². The van der Waals surface area contributed by atoms with Crippen LogP contribution in [0.5, 0.6) is 17.2 Å². The van der Waals surface area contributed by atoms with Crippen LogP contribution in [0.2, 0.25) is 0 Å². The predicted octanol–water partition coefficient (Wildman–Crippen LogP) is 5.87. The molecule has 0 saturated carbocycles. The Morgan fingerprint density at radius 2 is 1.92 bits per heavy atom. The van der Waals surface area contributed by atoms with Gasteiger partial charge in [-0.15, -0.1) is 0 Å². The van der Waals surface area contributed by atoms with Gasteiger partial charge in [-0.2, -0.15) is 5.26 Å². The minimum atomic E-state index is -0.557. The first-order chi connectivity index (χ1) is 19.1. The van der Waals surface area contributed by atoms with E-state index in [0.717, 1.165) is 66.4 Å². The molecule has 0 N–H and O–H groups in total. The van der Waals surface area contributed by atoms with Gasteiger partial charge in [0.1, 0.15) is 29.5 Å². The highest BCUT2D eigenvalue weighted by atomic mass is 19.1. The Morgan fingerprint density at radius 3 is 2.69 bits per heavy atom. The number of fused-ring (bicyclic) bond motifs is 2. The molecule has 7 nitrogen and oxygen atoms in total. The van der Waals surface area contributed by atoms with Crippen LogP contribution in [0.3, 0.4) is 0 Å². The third-order valence-corrected chi connectivity index (χ3v) is 7.79. The largest absolute Gasteiger partial charge is 0.492 e.